The van der Waals surface area contributed by atoms with Gasteiger partial charge < -0.3 is 15.4 Å². The number of hydrogen-bond acceptors (Lipinski definition) is 3. The van der Waals surface area contributed by atoms with Crippen LogP contribution in [0.4, 0.5) is 4.79 Å². The van der Waals surface area contributed by atoms with E-state index in [-0.39, 0.29) is 12.1 Å². The van der Waals surface area contributed by atoms with Crippen LogP contribution in [0, 0.1) is 0 Å². The molecule has 0 spiro atoms. The monoisotopic (exact) mass is 352 g/mol. The normalized spacial score (nSPS) is 18.3. The van der Waals surface area contributed by atoms with Crippen LogP contribution >= 0.6 is 15.9 Å². The molecule has 0 radical (unpaired) electrons. The van der Waals surface area contributed by atoms with Gasteiger partial charge in [-0.15, -0.1) is 0 Å². The van der Waals surface area contributed by atoms with E-state index in [1.807, 2.05) is 24.3 Å². The van der Waals surface area contributed by atoms with Gasteiger partial charge in [-0.3, -0.25) is 0 Å². The van der Waals surface area contributed by atoms with E-state index in [2.05, 4.69) is 26.6 Å². The van der Waals surface area contributed by atoms with Crippen LogP contribution in [0.3, 0.4) is 0 Å². The van der Waals surface area contributed by atoms with Crippen LogP contribution in [0.5, 0.6) is 0 Å². The number of esters is 1. The van der Waals surface area contributed by atoms with Crippen LogP contribution in [0.2, 0.25) is 0 Å². The minimum absolute atomic E-state index is 0.227. The maximum Gasteiger partial charge on any atom is 0.338 e. The summed E-state index contributed by atoms with van der Waals surface area (Å²) in [4.78, 5) is 24.1. The highest BCUT2D eigenvalue weighted by atomic mass is 79.9. The van der Waals surface area contributed by atoms with E-state index in [9.17, 15) is 9.59 Å². The fourth-order valence-electron chi connectivity index (χ4n) is 2.18. The van der Waals surface area contributed by atoms with Crippen molar-refractivity contribution in [1.82, 2.24) is 10.6 Å². The van der Waals surface area contributed by atoms with Gasteiger partial charge in [0.15, 0.2) is 0 Å². The second kappa shape index (κ2) is 6.30. The molecule has 21 heavy (non-hydrogen) atoms. The predicted octanol–water partition coefficient (Wildman–Crippen LogP) is 3.03. The molecule has 0 saturated carbocycles. The Balaban J connectivity index is 2.46. The van der Waals surface area contributed by atoms with E-state index < -0.39 is 12.0 Å². The minimum atomic E-state index is -0.541. The molecule has 0 bridgehead atoms. The zero-order chi connectivity index (χ0) is 15.6. The number of hydrogen-bond donors (Lipinski definition) is 2. The lowest BCUT2D eigenvalue weighted by atomic mass is 9.95. The fourth-order valence-corrected chi connectivity index (χ4v) is 2.70. The first-order valence-corrected chi connectivity index (χ1v) is 7.43. The summed E-state index contributed by atoms with van der Waals surface area (Å²) in [6.07, 6.45) is -0.227. The first-order valence-electron chi connectivity index (χ1n) is 6.64. The Labute approximate surface area is 131 Å². The number of halogens is 1. The number of amides is 2. The quantitative estimate of drug-likeness (QED) is 0.821. The van der Waals surface area contributed by atoms with Gasteiger partial charge in [-0.2, -0.15) is 0 Å². The lowest BCUT2D eigenvalue weighted by Crippen LogP contribution is -2.45. The number of benzene rings is 1. The molecule has 0 fully saturated rings. The largest absolute Gasteiger partial charge is 0.459 e. The molecular formula is C15H17BrN2O3. The SMILES string of the molecule is CC1=C(C(=O)OC(C)C)C(c2ccccc2Br)NC(=O)N1. The maximum atomic E-state index is 12.3. The molecule has 1 aliphatic heterocycles. The molecule has 2 N–H and O–H groups in total. The van der Waals surface area contributed by atoms with E-state index in [4.69, 9.17) is 4.74 Å². The topological polar surface area (TPSA) is 67.4 Å². The van der Waals surface area contributed by atoms with Crippen molar-refractivity contribution >= 4 is 27.9 Å². The van der Waals surface area contributed by atoms with Crippen molar-refractivity contribution in [2.45, 2.75) is 32.9 Å². The molecule has 6 heteroatoms. The van der Waals surface area contributed by atoms with Crippen molar-refractivity contribution in [2.75, 3.05) is 0 Å². The second-order valence-electron chi connectivity index (χ2n) is 5.05. The maximum absolute atomic E-state index is 12.3. The van der Waals surface area contributed by atoms with Gasteiger partial charge in [0.25, 0.3) is 0 Å². The van der Waals surface area contributed by atoms with Gasteiger partial charge in [0.05, 0.1) is 17.7 Å². The highest BCUT2D eigenvalue weighted by Gasteiger charge is 2.33. The summed E-state index contributed by atoms with van der Waals surface area (Å²) < 4.78 is 6.10. The van der Waals surface area contributed by atoms with Crippen molar-refractivity contribution in [2.24, 2.45) is 0 Å². The van der Waals surface area contributed by atoms with Gasteiger partial charge in [-0.25, -0.2) is 9.59 Å². The fraction of sp³-hybridized carbons (Fsp3) is 0.333. The van der Waals surface area contributed by atoms with Crippen molar-refractivity contribution in [3.8, 4) is 0 Å². The van der Waals surface area contributed by atoms with Gasteiger partial charge >= 0.3 is 12.0 Å². The number of carbonyl (C=O) groups is 2. The van der Waals surface area contributed by atoms with Crippen LogP contribution in [0.25, 0.3) is 0 Å². The Hall–Kier alpha value is -1.82. The van der Waals surface area contributed by atoms with Gasteiger partial charge in [0, 0.05) is 10.2 Å². The number of ether oxygens (including phenoxy) is 1. The Morgan fingerprint density at radius 1 is 1.33 bits per heavy atom. The lowest BCUT2D eigenvalue weighted by Gasteiger charge is -2.29. The van der Waals surface area contributed by atoms with Gasteiger partial charge in [0.1, 0.15) is 0 Å². The van der Waals surface area contributed by atoms with Crippen LogP contribution in [-0.4, -0.2) is 18.1 Å². The van der Waals surface area contributed by atoms with E-state index in [0.717, 1.165) is 10.0 Å². The Morgan fingerprint density at radius 3 is 2.62 bits per heavy atom. The van der Waals surface area contributed by atoms with Crippen molar-refractivity contribution in [3.63, 3.8) is 0 Å². The average Bonchev–Trinajstić information content (AvgIpc) is 2.37. The Kier molecular flexibility index (Phi) is 4.67. The lowest BCUT2D eigenvalue weighted by molar-refractivity contribution is -0.143. The molecule has 2 rings (SSSR count). The summed E-state index contributed by atoms with van der Waals surface area (Å²) in [6, 6.07) is 6.57. The zero-order valence-electron chi connectivity index (χ0n) is 12.1. The van der Waals surface area contributed by atoms with Crippen LogP contribution in [-0.2, 0) is 9.53 Å². The molecule has 0 aliphatic carbocycles. The summed E-state index contributed by atoms with van der Waals surface area (Å²) >= 11 is 3.45. The van der Waals surface area contributed by atoms with E-state index in [1.54, 1.807) is 20.8 Å². The van der Waals surface area contributed by atoms with Crippen LogP contribution in [0.15, 0.2) is 40.0 Å². The van der Waals surface area contributed by atoms with Crippen molar-refractivity contribution in [3.05, 3.63) is 45.6 Å². The van der Waals surface area contributed by atoms with Crippen LogP contribution < -0.4 is 10.6 Å². The summed E-state index contributed by atoms with van der Waals surface area (Å²) in [7, 11) is 0. The van der Waals surface area contributed by atoms with Crippen molar-refractivity contribution in [1.29, 1.82) is 0 Å². The Morgan fingerprint density at radius 2 is 2.00 bits per heavy atom. The standard InChI is InChI=1S/C15H17BrN2O3/c1-8(2)21-14(19)12-9(3)17-15(20)18-13(12)10-6-4-5-7-11(10)16/h4-8,13H,1-3H3,(H2,17,18,20). The second-order valence-corrected chi connectivity index (χ2v) is 5.90. The molecule has 5 nitrogen and oxygen atoms in total. The first kappa shape index (κ1) is 15.6. The van der Waals surface area contributed by atoms with Crippen LogP contribution in [0.1, 0.15) is 32.4 Å². The third-order valence-electron chi connectivity index (χ3n) is 3.05. The molecule has 1 aliphatic rings. The molecule has 1 aromatic carbocycles. The molecule has 2 amide bonds. The molecule has 1 heterocycles. The van der Waals surface area contributed by atoms with Gasteiger partial charge in [-0.05, 0) is 32.4 Å². The van der Waals surface area contributed by atoms with E-state index in [0.29, 0.717) is 11.3 Å². The number of nitrogens with one attached hydrogen (secondary N) is 2. The molecule has 112 valence electrons. The van der Waals surface area contributed by atoms with Crippen molar-refractivity contribution < 1.29 is 14.3 Å². The molecule has 0 saturated heterocycles. The summed E-state index contributed by atoms with van der Waals surface area (Å²) in [5.41, 5.74) is 1.72. The predicted molar refractivity (Wildman–Crippen MR) is 82.5 cm³/mol. The summed E-state index contributed by atoms with van der Waals surface area (Å²) in [6.45, 7) is 5.27. The number of allylic oxidation sites excluding steroid dienone is 1. The molecule has 1 unspecified atom stereocenters. The molecule has 1 atom stereocenters. The van der Waals surface area contributed by atoms with E-state index in [1.165, 1.54) is 0 Å². The minimum Gasteiger partial charge on any atom is -0.459 e. The first-order chi connectivity index (χ1) is 9.90. The number of carbonyl (C=O) groups excluding carboxylic acids is 2. The van der Waals surface area contributed by atoms with Gasteiger partial charge in [0.2, 0.25) is 0 Å². The summed E-state index contributed by atoms with van der Waals surface area (Å²) in [5.74, 6) is -0.434. The third kappa shape index (κ3) is 3.44. The number of urea groups is 1. The summed E-state index contributed by atoms with van der Waals surface area (Å²) in [5, 5.41) is 5.39. The average molecular weight is 353 g/mol. The third-order valence-corrected chi connectivity index (χ3v) is 3.77. The molecule has 0 aromatic heterocycles. The molecular weight excluding hydrogens is 336 g/mol. The Bertz CT molecular complexity index is 611. The van der Waals surface area contributed by atoms with E-state index >= 15 is 0 Å². The van der Waals surface area contributed by atoms with Gasteiger partial charge in [-0.1, -0.05) is 34.1 Å². The highest BCUT2D eigenvalue weighted by molar-refractivity contribution is 9.10. The number of rotatable bonds is 3. The highest BCUT2D eigenvalue weighted by Crippen LogP contribution is 2.32. The molecule has 1 aromatic rings. The zero-order valence-corrected chi connectivity index (χ0v) is 13.7. The smallest absolute Gasteiger partial charge is 0.338 e.